The molecule has 2 heterocycles. The summed E-state index contributed by atoms with van der Waals surface area (Å²) in [6, 6.07) is 1.79. The zero-order chi connectivity index (χ0) is 12.3. The van der Waals surface area contributed by atoms with Gasteiger partial charge in [-0.05, 0) is 6.92 Å². The summed E-state index contributed by atoms with van der Waals surface area (Å²) >= 11 is 0. The third kappa shape index (κ3) is 2.64. The Bertz CT molecular complexity index is 410. The summed E-state index contributed by atoms with van der Waals surface area (Å²) in [7, 11) is 1.57. The molecule has 2 rings (SSSR count). The number of amides is 1. The van der Waals surface area contributed by atoms with E-state index in [4.69, 9.17) is 4.74 Å². The van der Waals surface area contributed by atoms with Gasteiger partial charge in [0.2, 0.25) is 17.7 Å². The zero-order valence-corrected chi connectivity index (χ0v) is 10.0. The van der Waals surface area contributed by atoms with Gasteiger partial charge in [0.25, 0.3) is 0 Å². The van der Waals surface area contributed by atoms with E-state index in [2.05, 4.69) is 15.3 Å². The van der Waals surface area contributed by atoms with Crippen molar-refractivity contribution in [1.29, 1.82) is 0 Å². The molecule has 1 fully saturated rings. The number of hydrogen-bond acceptors (Lipinski definition) is 5. The molecule has 1 amide bonds. The first-order chi connectivity index (χ1) is 8.20. The quantitative estimate of drug-likeness (QED) is 0.794. The number of aromatic nitrogens is 2. The van der Waals surface area contributed by atoms with Crippen molar-refractivity contribution >= 4 is 11.9 Å². The van der Waals surface area contributed by atoms with Crippen LogP contribution < -0.4 is 15.0 Å². The van der Waals surface area contributed by atoms with Gasteiger partial charge in [0.15, 0.2) is 0 Å². The van der Waals surface area contributed by atoms with Crippen molar-refractivity contribution < 1.29 is 9.53 Å². The minimum atomic E-state index is 0.0721. The second-order valence-corrected chi connectivity index (χ2v) is 4.00. The van der Waals surface area contributed by atoms with Crippen molar-refractivity contribution in [2.75, 3.05) is 25.1 Å². The van der Waals surface area contributed by atoms with Crippen molar-refractivity contribution in [3.8, 4) is 5.88 Å². The first kappa shape index (κ1) is 11.6. The molecule has 1 saturated heterocycles. The van der Waals surface area contributed by atoms with Gasteiger partial charge in [0.1, 0.15) is 0 Å². The molecule has 6 heteroatoms. The zero-order valence-electron chi connectivity index (χ0n) is 10.0. The molecule has 1 unspecified atom stereocenters. The van der Waals surface area contributed by atoms with Gasteiger partial charge in [0.05, 0.1) is 7.11 Å². The Labute approximate surface area is 100 Å². The molecule has 0 bridgehead atoms. The molecular formula is C11H16N4O2. The van der Waals surface area contributed by atoms with E-state index < -0.39 is 0 Å². The van der Waals surface area contributed by atoms with Gasteiger partial charge in [0, 0.05) is 37.8 Å². The van der Waals surface area contributed by atoms with Gasteiger partial charge in [-0.3, -0.25) is 4.79 Å². The van der Waals surface area contributed by atoms with Gasteiger partial charge < -0.3 is 15.0 Å². The van der Waals surface area contributed by atoms with E-state index in [9.17, 15) is 4.79 Å². The fraction of sp³-hybridized carbons (Fsp3) is 0.545. The monoisotopic (exact) mass is 236 g/mol. The summed E-state index contributed by atoms with van der Waals surface area (Å²) in [6.45, 7) is 3.32. The number of rotatable bonds is 2. The number of methoxy groups -OCH3 is 1. The number of hydrogen-bond donors (Lipinski definition) is 1. The number of carbonyl (C=O) groups is 1. The first-order valence-electron chi connectivity index (χ1n) is 5.61. The van der Waals surface area contributed by atoms with E-state index in [-0.39, 0.29) is 11.9 Å². The third-order valence-corrected chi connectivity index (χ3v) is 2.77. The highest BCUT2D eigenvalue weighted by atomic mass is 16.5. The average molecular weight is 236 g/mol. The van der Waals surface area contributed by atoms with Crippen molar-refractivity contribution in [1.82, 2.24) is 15.3 Å². The lowest BCUT2D eigenvalue weighted by Crippen LogP contribution is -2.35. The van der Waals surface area contributed by atoms with Crippen molar-refractivity contribution in [3.05, 3.63) is 12.3 Å². The highest BCUT2D eigenvalue weighted by Gasteiger charge is 2.23. The van der Waals surface area contributed by atoms with Crippen molar-refractivity contribution in [2.45, 2.75) is 19.4 Å². The summed E-state index contributed by atoms with van der Waals surface area (Å²) in [5.74, 6) is 1.21. The van der Waals surface area contributed by atoms with Crippen LogP contribution in [0.25, 0.3) is 0 Å². The van der Waals surface area contributed by atoms with Crippen LogP contribution in [-0.4, -0.2) is 42.1 Å². The highest BCUT2D eigenvalue weighted by Crippen LogP contribution is 2.17. The maximum Gasteiger partial charge on any atom is 0.228 e. The maximum absolute atomic E-state index is 11.4. The summed E-state index contributed by atoms with van der Waals surface area (Å²) in [6.07, 6.45) is 2.12. The van der Waals surface area contributed by atoms with E-state index in [1.165, 1.54) is 0 Å². The smallest absolute Gasteiger partial charge is 0.228 e. The van der Waals surface area contributed by atoms with E-state index in [0.717, 1.165) is 0 Å². The SMILES string of the molecule is COc1ccnc(N2CCNC(=O)CC2C)n1. The molecule has 6 nitrogen and oxygen atoms in total. The van der Waals surface area contributed by atoms with Gasteiger partial charge in [-0.25, -0.2) is 4.98 Å². The molecule has 92 valence electrons. The first-order valence-corrected chi connectivity index (χ1v) is 5.61. The van der Waals surface area contributed by atoms with Crippen LogP contribution in [-0.2, 0) is 4.79 Å². The van der Waals surface area contributed by atoms with Crippen LogP contribution in [0, 0.1) is 0 Å². The molecule has 0 radical (unpaired) electrons. The molecule has 0 spiro atoms. The molecule has 1 aromatic heterocycles. The Morgan fingerprint density at radius 2 is 2.41 bits per heavy atom. The number of ether oxygens (including phenoxy) is 1. The predicted octanol–water partition coefficient (Wildman–Crippen LogP) is 0.200. The minimum Gasteiger partial charge on any atom is -0.481 e. The summed E-state index contributed by atoms with van der Waals surface area (Å²) < 4.78 is 5.07. The minimum absolute atomic E-state index is 0.0721. The van der Waals surface area contributed by atoms with Gasteiger partial charge in [-0.2, -0.15) is 4.98 Å². The largest absolute Gasteiger partial charge is 0.481 e. The predicted molar refractivity (Wildman–Crippen MR) is 63.0 cm³/mol. The molecule has 0 aromatic carbocycles. The summed E-state index contributed by atoms with van der Waals surface area (Å²) in [5.41, 5.74) is 0. The highest BCUT2D eigenvalue weighted by molar-refractivity contribution is 5.77. The Morgan fingerprint density at radius 3 is 3.18 bits per heavy atom. The molecule has 0 aliphatic carbocycles. The molecule has 1 atom stereocenters. The van der Waals surface area contributed by atoms with Crippen LogP contribution in [0.1, 0.15) is 13.3 Å². The molecule has 1 N–H and O–H groups in total. The fourth-order valence-corrected chi connectivity index (χ4v) is 1.87. The van der Waals surface area contributed by atoms with Crippen LogP contribution in [0.4, 0.5) is 5.95 Å². The van der Waals surface area contributed by atoms with Gasteiger partial charge >= 0.3 is 0 Å². The van der Waals surface area contributed by atoms with E-state index in [0.29, 0.717) is 31.3 Å². The standard InChI is InChI=1S/C11H16N4O2/c1-8-7-9(16)12-5-6-15(8)11-13-4-3-10(14-11)17-2/h3-4,8H,5-7H2,1-2H3,(H,12,16). The van der Waals surface area contributed by atoms with Crippen LogP contribution >= 0.6 is 0 Å². The lowest BCUT2D eigenvalue weighted by Gasteiger charge is -2.25. The molecule has 17 heavy (non-hydrogen) atoms. The Hall–Kier alpha value is -1.85. The lowest BCUT2D eigenvalue weighted by atomic mass is 10.2. The van der Waals surface area contributed by atoms with Crippen LogP contribution in [0.5, 0.6) is 5.88 Å². The number of anilines is 1. The molecule has 1 aliphatic heterocycles. The normalized spacial score (nSPS) is 20.7. The van der Waals surface area contributed by atoms with Gasteiger partial charge in [-0.1, -0.05) is 0 Å². The average Bonchev–Trinajstić information content (AvgIpc) is 2.50. The van der Waals surface area contributed by atoms with Crippen molar-refractivity contribution in [2.24, 2.45) is 0 Å². The van der Waals surface area contributed by atoms with Gasteiger partial charge in [-0.15, -0.1) is 0 Å². The number of carbonyl (C=O) groups excluding carboxylic acids is 1. The van der Waals surface area contributed by atoms with Crippen LogP contribution in [0.2, 0.25) is 0 Å². The second-order valence-electron chi connectivity index (χ2n) is 4.00. The van der Waals surface area contributed by atoms with Crippen molar-refractivity contribution in [3.63, 3.8) is 0 Å². The Morgan fingerprint density at radius 1 is 1.59 bits per heavy atom. The number of nitrogens with one attached hydrogen (secondary N) is 1. The van der Waals surface area contributed by atoms with Crippen LogP contribution in [0.15, 0.2) is 12.3 Å². The van der Waals surface area contributed by atoms with E-state index in [1.807, 2.05) is 11.8 Å². The van der Waals surface area contributed by atoms with Crippen LogP contribution in [0.3, 0.4) is 0 Å². The summed E-state index contributed by atoms with van der Waals surface area (Å²) in [4.78, 5) is 21.9. The molecular weight excluding hydrogens is 220 g/mol. The summed E-state index contributed by atoms with van der Waals surface area (Å²) in [5, 5.41) is 2.84. The maximum atomic E-state index is 11.4. The fourth-order valence-electron chi connectivity index (χ4n) is 1.87. The number of nitrogens with zero attached hydrogens (tertiary/aromatic N) is 3. The topological polar surface area (TPSA) is 67.3 Å². The Balaban J connectivity index is 2.21. The molecule has 1 aromatic rings. The molecule has 0 saturated carbocycles. The molecule has 1 aliphatic rings. The van der Waals surface area contributed by atoms with E-state index >= 15 is 0 Å². The third-order valence-electron chi connectivity index (χ3n) is 2.77. The lowest BCUT2D eigenvalue weighted by molar-refractivity contribution is -0.120. The Kier molecular flexibility index (Phi) is 3.41. The second kappa shape index (κ2) is 4.99. The van der Waals surface area contributed by atoms with E-state index in [1.54, 1.807) is 19.4 Å².